The average Bonchev–Trinajstić information content (AvgIpc) is 3.12. The number of anilines is 1. The van der Waals surface area contributed by atoms with E-state index in [4.69, 9.17) is 4.74 Å². The largest absolute Gasteiger partial charge is 0.492 e. The summed E-state index contributed by atoms with van der Waals surface area (Å²) < 4.78 is 5.65. The molecule has 0 unspecified atom stereocenters. The van der Waals surface area contributed by atoms with Crippen LogP contribution in [0.1, 0.15) is 17.4 Å². The van der Waals surface area contributed by atoms with Crippen LogP contribution in [0.5, 0.6) is 5.75 Å². The van der Waals surface area contributed by atoms with Crippen LogP contribution in [0.3, 0.4) is 0 Å². The zero-order chi connectivity index (χ0) is 18.1. The van der Waals surface area contributed by atoms with E-state index in [9.17, 15) is 4.79 Å². The van der Waals surface area contributed by atoms with Crippen molar-refractivity contribution in [3.63, 3.8) is 0 Å². The van der Waals surface area contributed by atoms with Crippen LogP contribution < -0.4 is 9.64 Å². The molecule has 0 spiro atoms. The SMILES string of the molecule is CCOc1ccccc1N(C)C(=O)c1cc2ccc3cccnc3c2[nH]1. The summed E-state index contributed by atoms with van der Waals surface area (Å²) in [6.07, 6.45) is 1.76. The second kappa shape index (κ2) is 6.52. The molecular formula is C21H19N3O2. The highest BCUT2D eigenvalue weighted by atomic mass is 16.5. The Balaban J connectivity index is 1.75. The number of benzene rings is 2. The van der Waals surface area contributed by atoms with Crippen LogP contribution in [0.15, 0.2) is 60.8 Å². The van der Waals surface area contributed by atoms with Crippen molar-refractivity contribution in [3.05, 3.63) is 66.5 Å². The number of H-pyrrole nitrogens is 1. The second-order valence-electron chi connectivity index (χ2n) is 6.05. The zero-order valence-corrected chi connectivity index (χ0v) is 14.7. The van der Waals surface area contributed by atoms with Crippen molar-refractivity contribution in [2.24, 2.45) is 0 Å². The number of ether oxygens (including phenoxy) is 1. The number of nitrogens with one attached hydrogen (secondary N) is 1. The maximum Gasteiger partial charge on any atom is 0.274 e. The molecule has 0 fully saturated rings. The van der Waals surface area contributed by atoms with Gasteiger partial charge in [-0.2, -0.15) is 0 Å². The Morgan fingerprint density at radius 3 is 2.77 bits per heavy atom. The first-order valence-electron chi connectivity index (χ1n) is 8.55. The van der Waals surface area contributed by atoms with E-state index in [0.717, 1.165) is 27.5 Å². The van der Waals surface area contributed by atoms with Crippen molar-refractivity contribution in [1.82, 2.24) is 9.97 Å². The maximum absolute atomic E-state index is 13.0. The third kappa shape index (κ3) is 2.67. The summed E-state index contributed by atoms with van der Waals surface area (Å²) >= 11 is 0. The van der Waals surface area contributed by atoms with Crippen LogP contribution in [0.25, 0.3) is 21.8 Å². The molecule has 0 saturated carbocycles. The van der Waals surface area contributed by atoms with E-state index in [1.165, 1.54) is 0 Å². The highest BCUT2D eigenvalue weighted by molar-refractivity contribution is 6.11. The van der Waals surface area contributed by atoms with Gasteiger partial charge in [-0.15, -0.1) is 0 Å². The van der Waals surface area contributed by atoms with E-state index in [0.29, 0.717) is 18.1 Å². The number of para-hydroxylation sites is 2. The fourth-order valence-electron chi connectivity index (χ4n) is 3.16. The topological polar surface area (TPSA) is 58.2 Å². The lowest BCUT2D eigenvalue weighted by Crippen LogP contribution is -2.27. The van der Waals surface area contributed by atoms with Gasteiger partial charge in [-0.05, 0) is 31.2 Å². The minimum absolute atomic E-state index is 0.127. The lowest BCUT2D eigenvalue weighted by Gasteiger charge is -2.19. The molecule has 5 nitrogen and oxygen atoms in total. The molecule has 0 aliphatic heterocycles. The monoisotopic (exact) mass is 345 g/mol. The number of carbonyl (C=O) groups excluding carboxylic acids is 1. The molecule has 5 heteroatoms. The maximum atomic E-state index is 13.0. The molecular weight excluding hydrogens is 326 g/mol. The van der Waals surface area contributed by atoms with Gasteiger partial charge in [-0.25, -0.2) is 0 Å². The number of aromatic amines is 1. The summed E-state index contributed by atoms with van der Waals surface area (Å²) in [4.78, 5) is 22.3. The third-order valence-corrected chi connectivity index (χ3v) is 4.43. The molecule has 0 saturated heterocycles. The summed E-state index contributed by atoms with van der Waals surface area (Å²) in [5, 5.41) is 2.00. The molecule has 1 amide bonds. The standard InChI is InChI=1S/C21H19N3O2/c1-3-26-18-9-5-4-8-17(18)24(2)21(25)16-13-15-11-10-14-7-6-12-22-19(14)20(15)23-16/h4-13,23H,3H2,1-2H3. The van der Waals surface area contributed by atoms with Gasteiger partial charge in [0.05, 0.1) is 23.3 Å². The minimum Gasteiger partial charge on any atom is -0.492 e. The number of rotatable bonds is 4. The van der Waals surface area contributed by atoms with Gasteiger partial charge in [-0.1, -0.05) is 30.3 Å². The molecule has 2 aromatic carbocycles. The fourth-order valence-corrected chi connectivity index (χ4v) is 3.16. The van der Waals surface area contributed by atoms with Crippen LogP contribution in [0.2, 0.25) is 0 Å². The Hall–Kier alpha value is -3.34. The zero-order valence-electron chi connectivity index (χ0n) is 14.7. The van der Waals surface area contributed by atoms with E-state index in [1.807, 2.05) is 61.5 Å². The van der Waals surface area contributed by atoms with Crippen LogP contribution >= 0.6 is 0 Å². The van der Waals surface area contributed by atoms with Crippen molar-refractivity contribution in [2.45, 2.75) is 6.92 Å². The number of hydrogen-bond donors (Lipinski definition) is 1. The van der Waals surface area contributed by atoms with Crippen LogP contribution in [0.4, 0.5) is 5.69 Å². The molecule has 1 N–H and O–H groups in total. The van der Waals surface area contributed by atoms with E-state index < -0.39 is 0 Å². The number of aromatic nitrogens is 2. The minimum atomic E-state index is -0.127. The van der Waals surface area contributed by atoms with Crippen molar-refractivity contribution >= 4 is 33.4 Å². The summed E-state index contributed by atoms with van der Waals surface area (Å²) in [5.74, 6) is 0.562. The summed E-state index contributed by atoms with van der Waals surface area (Å²) in [6, 6.07) is 17.3. The molecule has 0 aliphatic rings. The van der Waals surface area contributed by atoms with Crippen LogP contribution in [-0.2, 0) is 0 Å². The first-order valence-corrected chi connectivity index (χ1v) is 8.55. The van der Waals surface area contributed by atoms with E-state index in [-0.39, 0.29) is 5.91 Å². The molecule has 2 heterocycles. The van der Waals surface area contributed by atoms with Gasteiger partial charge in [-0.3, -0.25) is 9.78 Å². The highest BCUT2D eigenvalue weighted by Crippen LogP contribution is 2.29. The number of nitrogens with zero attached hydrogens (tertiary/aromatic N) is 2. The van der Waals surface area contributed by atoms with Gasteiger partial charge in [0.2, 0.25) is 0 Å². The average molecular weight is 345 g/mol. The van der Waals surface area contributed by atoms with Gasteiger partial charge in [0.25, 0.3) is 5.91 Å². The number of pyridine rings is 1. The van der Waals surface area contributed by atoms with Crippen molar-refractivity contribution < 1.29 is 9.53 Å². The normalized spacial score (nSPS) is 11.0. The van der Waals surface area contributed by atoms with Gasteiger partial charge in [0, 0.05) is 24.0 Å². The van der Waals surface area contributed by atoms with E-state index in [2.05, 4.69) is 9.97 Å². The summed E-state index contributed by atoms with van der Waals surface area (Å²) in [6.45, 7) is 2.47. The van der Waals surface area contributed by atoms with Gasteiger partial charge >= 0.3 is 0 Å². The summed E-state index contributed by atoms with van der Waals surface area (Å²) in [5.41, 5.74) is 2.99. The van der Waals surface area contributed by atoms with Gasteiger partial charge in [0.1, 0.15) is 11.4 Å². The Kier molecular flexibility index (Phi) is 4.05. The Morgan fingerprint density at radius 1 is 1.12 bits per heavy atom. The molecule has 0 aliphatic carbocycles. The van der Waals surface area contributed by atoms with Crippen molar-refractivity contribution in [3.8, 4) is 5.75 Å². The number of hydrogen-bond acceptors (Lipinski definition) is 3. The molecule has 130 valence electrons. The third-order valence-electron chi connectivity index (χ3n) is 4.43. The first kappa shape index (κ1) is 16.1. The van der Waals surface area contributed by atoms with Gasteiger partial charge < -0.3 is 14.6 Å². The van der Waals surface area contributed by atoms with E-state index in [1.54, 1.807) is 18.1 Å². The molecule has 26 heavy (non-hydrogen) atoms. The molecule has 4 aromatic rings. The quantitative estimate of drug-likeness (QED) is 0.597. The predicted octanol–water partition coefficient (Wildman–Crippen LogP) is 4.39. The molecule has 0 atom stereocenters. The van der Waals surface area contributed by atoms with Crippen molar-refractivity contribution in [1.29, 1.82) is 0 Å². The smallest absolute Gasteiger partial charge is 0.274 e. The second-order valence-corrected chi connectivity index (χ2v) is 6.05. The molecule has 4 rings (SSSR count). The van der Waals surface area contributed by atoms with Gasteiger partial charge in [0.15, 0.2) is 0 Å². The fraction of sp³-hybridized carbons (Fsp3) is 0.143. The Bertz CT molecular complexity index is 1100. The van der Waals surface area contributed by atoms with Crippen LogP contribution in [-0.4, -0.2) is 29.5 Å². The van der Waals surface area contributed by atoms with Crippen LogP contribution in [0, 0.1) is 0 Å². The molecule has 0 bridgehead atoms. The van der Waals surface area contributed by atoms with Crippen molar-refractivity contribution in [2.75, 3.05) is 18.6 Å². The molecule has 2 aromatic heterocycles. The Labute approximate surface area is 151 Å². The summed E-state index contributed by atoms with van der Waals surface area (Å²) in [7, 11) is 1.75. The number of amides is 1. The highest BCUT2D eigenvalue weighted by Gasteiger charge is 2.19. The number of fused-ring (bicyclic) bond motifs is 3. The lowest BCUT2D eigenvalue weighted by molar-refractivity contribution is 0.0988. The van der Waals surface area contributed by atoms with E-state index >= 15 is 0 Å². The number of carbonyl (C=O) groups is 1. The predicted molar refractivity (Wildman–Crippen MR) is 104 cm³/mol. The first-order chi connectivity index (χ1) is 12.7. The lowest BCUT2D eigenvalue weighted by atomic mass is 10.1. The molecule has 0 radical (unpaired) electrons. The Morgan fingerprint density at radius 2 is 1.92 bits per heavy atom.